The fourth-order valence-electron chi connectivity index (χ4n) is 2.30. The van der Waals surface area contributed by atoms with Crippen LogP contribution in [0, 0.1) is 0 Å². The van der Waals surface area contributed by atoms with Crippen molar-refractivity contribution in [1.29, 1.82) is 0 Å². The molecule has 0 saturated heterocycles. The molecule has 0 radical (unpaired) electrons. The topological polar surface area (TPSA) is 76.1 Å². The van der Waals surface area contributed by atoms with Crippen molar-refractivity contribution in [3.05, 3.63) is 29.8 Å². The maximum atomic E-state index is 12.7. The number of esters is 1. The number of rotatable bonds is 9. The van der Waals surface area contributed by atoms with Crippen LogP contribution in [0.1, 0.15) is 32.8 Å². The van der Waals surface area contributed by atoms with Gasteiger partial charge in [0.2, 0.25) is 5.91 Å². The van der Waals surface area contributed by atoms with E-state index in [9.17, 15) is 14.7 Å². The molecule has 0 aromatic heterocycles. The summed E-state index contributed by atoms with van der Waals surface area (Å²) in [4.78, 5) is 25.6. The van der Waals surface area contributed by atoms with Gasteiger partial charge in [0.1, 0.15) is 5.75 Å². The minimum absolute atomic E-state index is 0.0922. The minimum atomic E-state index is -0.754. The van der Waals surface area contributed by atoms with Gasteiger partial charge in [0.15, 0.2) is 0 Å². The van der Waals surface area contributed by atoms with E-state index in [1.54, 1.807) is 13.8 Å². The smallest absolute Gasteiger partial charge is 0.307 e. The number of methoxy groups -OCH3 is 1. The van der Waals surface area contributed by atoms with Crippen LogP contribution in [0.25, 0.3) is 0 Å². The van der Waals surface area contributed by atoms with Gasteiger partial charge in [-0.2, -0.15) is 0 Å². The van der Waals surface area contributed by atoms with Crippen molar-refractivity contribution < 1.29 is 24.2 Å². The summed E-state index contributed by atoms with van der Waals surface area (Å²) in [5, 5.41) is 9.57. The summed E-state index contributed by atoms with van der Waals surface area (Å²) < 4.78 is 10.0. The van der Waals surface area contributed by atoms with Crippen molar-refractivity contribution in [1.82, 2.24) is 4.90 Å². The minimum Gasteiger partial charge on any atom is -0.494 e. The van der Waals surface area contributed by atoms with Gasteiger partial charge in [0, 0.05) is 6.54 Å². The van der Waals surface area contributed by atoms with E-state index in [1.807, 2.05) is 31.2 Å². The van der Waals surface area contributed by atoms with E-state index in [2.05, 4.69) is 4.74 Å². The number of amides is 1. The number of benzene rings is 1. The van der Waals surface area contributed by atoms with Crippen LogP contribution < -0.4 is 4.74 Å². The second-order valence-electron chi connectivity index (χ2n) is 6.10. The summed E-state index contributed by atoms with van der Waals surface area (Å²) in [5.74, 6) is 0.219. The third-order valence-electron chi connectivity index (χ3n) is 3.78. The number of aliphatic hydroxyl groups is 1. The van der Waals surface area contributed by atoms with Crippen molar-refractivity contribution in [3.63, 3.8) is 0 Å². The Morgan fingerprint density at radius 2 is 1.83 bits per heavy atom. The van der Waals surface area contributed by atoms with Crippen LogP contribution in [0.5, 0.6) is 5.75 Å². The zero-order chi connectivity index (χ0) is 18.2. The fourth-order valence-corrected chi connectivity index (χ4v) is 2.30. The van der Waals surface area contributed by atoms with Crippen molar-refractivity contribution in [2.75, 3.05) is 26.9 Å². The normalized spacial score (nSPS) is 11.0. The largest absolute Gasteiger partial charge is 0.494 e. The molecule has 0 spiro atoms. The molecule has 1 rings (SSSR count). The highest BCUT2D eigenvalue weighted by Crippen LogP contribution is 2.18. The van der Waals surface area contributed by atoms with Crippen molar-refractivity contribution in [2.24, 2.45) is 0 Å². The Bertz CT molecular complexity index is 539. The molecular formula is C18H27NO5. The lowest BCUT2D eigenvalue weighted by atomic mass is 10.0. The molecule has 6 heteroatoms. The average Bonchev–Trinajstić information content (AvgIpc) is 2.56. The molecule has 0 atom stereocenters. The molecule has 1 N–H and O–H groups in total. The zero-order valence-electron chi connectivity index (χ0n) is 14.9. The predicted molar refractivity (Wildman–Crippen MR) is 90.8 cm³/mol. The zero-order valence-corrected chi connectivity index (χ0v) is 14.9. The van der Waals surface area contributed by atoms with Crippen LogP contribution in [0.2, 0.25) is 0 Å². The molecule has 1 aromatic rings. The summed E-state index contributed by atoms with van der Waals surface area (Å²) in [6.07, 6.45) is 0.284. The Kier molecular flexibility index (Phi) is 7.71. The lowest BCUT2D eigenvalue weighted by molar-refractivity contribution is -0.143. The van der Waals surface area contributed by atoms with Gasteiger partial charge in [-0.1, -0.05) is 12.1 Å². The van der Waals surface area contributed by atoms with E-state index in [0.717, 1.165) is 11.3 Å². The molecule has 1 amide bonds. The molecule has 0 aliphatic carbocycles. The van der Waals surface area contributed by atoms with E-state index >= 15 is 0 Å². The quantitative estimate of drug-likeness (QED) is 0.695. The Labute approximate surface area is 143 Å². The lowest BCUT2D eigenvalue weighted by Crippen LogP contribution is -2.51. The second kappa shape index (κ2) is 9.27. The van der Waals surface area contributed by atoms with Gasteiger partial charge >= 0.3 is 5.97 Å². The number of ether oxygens (including phenoxy) is 2. The molecular weight excluding hydrogens is 310 g/mol. The van der Waals surface area contributed by atoms with Crippen LogP contribution in [0.3, 0.4) is 0 Å². The lowest BCUT2D eigenvalue weighted by Gasteiger charge is -2.37. The first-order valence-corrected chi connectivity index (χ1v) is 8.04. The number of nitrogens with zero attached hydrogens (tertiary/aromatic N) is 1. The third-order valence-corrected chi connectivity index (χ3v) is 3.78. The standard InChI is InChI=1S/C18H27NO5/c1-5-24-15-8-6-14(7-9-15)12-16(21)19(18(2,3)13-20)11-10-17(22)23-4/h6-9,20H,5,10-13H2,1-4H3. The van der Waals surface area contributed by atoms with Crippen LogP contribution in [-0.4, -0.2) is 54.3 Å². The van der Waals surface area contributed by atoms with Gasteiger partial charge in [-0.15, -0.1) is 0 Å². The first-order valence-electron chi connectivity index (χ1n) is 8.04. The molecule has 0 aliphatic rings. The van der Waals surface area contributed by atoms with Gasteiger partial charge in [-0.25, -0.2) is 0 Å². The molecule has 0 fully saturated rings. The highest BCUT2D eigenvalue weighted by atomic mass is 16.5. The fraction of sp³-hybridized carbons (Fsp3) is 0.556. The third kappa shape index (κ3) is 5.85. The van der Waals surface area contributed by atoms with Gasteiger partial charge in [-0.3, -0.25) is 9.59 Å². The van der Waals surface area contributed by atoms with Gasteiger partial charge < -0.3 is 19.5 Å². The molecule has 6 nitrogen and oxygen atoms in total. The van der Waals surface area contributed by atoms with E-state index in [4.69, 9.17) is 4.74 Å². The number of hydrogen-bond acceptors (Lipinski definition) is 5. The van der Waals surface area contributed by atoms with E-state index in [1.165, 1.54) is 12.0 Å². The number of carbonyl (C=O) groups excluding carboxylic acids is 2. The first kappa shape index (κ1) is 20.0. The summed E-state index contributed by atoms with van der Waals surface area (Å²) in [6.45, 7) is 6.04. The van der Waals surface area contributed by atoms with Crippen LogP contribution in [-0.2, 0) is 20.7 Å². The Hall–Kier alpha value is -2.08. The molecule has 0 saturated carbocycles. The van der Waals surface area contributed by atoms with Crippen molar-refractivity contribution >= 4 is 11.9 Å². The molecule has 0 aliphatic heterocycles. The van der Waals surface area contributed by atoms with Gasteiger partial charge in [0.05, 0.1) is 38.7 Å². The predicted octanol–water partition coefficient (Wildman–Crippen LogP) is 1.79. The molecule has 134 valence electrons. The monoisotopic (exact) mass is 337 g/mol. The van der Waals surface area contributed by atoms with Crippen LogP contribution in [0.4, 0.5) is 0 Å². The Morgan fingerprint density at radius 1 is 1.21 bits per heavy atom. The maximum absolute atomic E-state index is 12.7. The van der Waals surface area contributed by atoms with Gasteiger partial charge in [0.25, 0.3) is 0 Å². The highest BCUT2D eigenvalue weighted by Gasteiger charge is 2.30. The first-order chi connectivity index (χ1) is 11.3. The Balaban J connectivity index is 2.81. The van der Waals surface area contributed by atoms with Crippen molar-refractivity contribution in [2.45, 2.75) is 39.2 Å². The van der Waals surface area contributed by atoms with E-state index < -0.39 is 5.54 Å². The summed E-state index contributed by atoms with van der Waals surface area (Å²) >= 11 is 0. The molecule has 0 heterocycles. The Morgan fingerprint density at radius 3 is 2.33 bits per heavy atom. The maximum Gasteiger partial charge on any atom is 0.307 e. The van der Waals surface area contributed by atoms with Crippen molar-refractivity contribution in [3.8, 4) is 5.75 Å². The summed E-state index contributed by atoms with van der Waals surface area (Å²) in [6, 6.07) is 7.32. The van der Waals surface area contributed by atoms with Crippen LogP contribution >= 0.6 is 0 Å². The van der Waals surface area contributed by atoms with E-state index in [-0.39, 0.29) is 37.9 Å². The summed E-state index contributed by atoms with van der Waals surface area (Å²) in [5.41, 5.74) is 0.0939. The number of hydrogen-bond donors (Lipinski definition) is 1. The number of aliphatic hydroxyl groups excluding tert-OH is 1. The average molecular weight is 337 g/mol. The molecule has 24 heavy (non-hydrogen) atoms. The van der Waals surface area contributed by atoms with E-state index in [0.29, 0.717) is 6.61 Å². The number of carbonyl (C=O) groups is 2. The summed E-state index contributed by atoms with van der Waals surface area (Å²) in [7, 11) is 1.31. The second-order valence-corrected chi connectivity index (χ2v) is 6.10. The van der Waals surface area contributed by atoms with Gasteiger partial charge in [-0.05, 0) is 38.5 Å². The molecule has 1 aromatic carbocycles. The highest BCUT2D eigenvalue weighted by molar-refractivity contribution is 5.80. The van der Waals surface area contributed by atoms with Crippen LogP contribution in [0.15, 0.2) is 24.3 Å². The molecule has 0 unspecified atom stereocenters. The SMILES string of the molecule is CCOc1ccc(CC(=O)N(CCC(=O)OC)C(C)(C)CO)cc1. The molecule has 0 bridgehead atoms.